The van der Waals surface area contributed by atoms with Crippen molar-refractivity contribution in [3.63, 3.8) is 0 Å². The number of imidazole rings is 1. The van der Waals surface area contributed by atoms with Gasteiger partial charge in [0.25, 0.3) is 11.8 Å². The van der Waals surface area contributed by atoms with Crippen LogP contribution in [0.1, 0.15) is 40.3 Å². The lowest BCUT2D eigenvalue weighted by Gasteiger charge is -2.31. The van der Waals surface area contributed by atoms with E-state index in [0.717, 1.165) is 0 Å². The predicted octanol–water partition coefficient (Wildman–Crippen LogP) is 5.86. The molecular weight excluding hydrogens is 488 g/mol. The number of likely N-dealkylation sites (tertiary alicyclic amines) is 1. The van der Waals surface area contributed by atoms with Crippen LogP contribution in [-0.2, 0) is 18.9 Å². The lowest BCUT2D eigenvalue weighted by atomic mass is 10.1. The molecule has 0 bridgehead atoms. The summed E-state index contributed by atoms with van der Waals surface area (Å²) >= 11 is 0. The first kappa shape index (κ1) is 24.9. The van der Waals surface area contributed by atoms with Crippen molar-refractivity contribution >= 4 is 17.1 Å². The Labute approximate surface area is 193 Å². The van der Waals surface area contributed by atoms with Gasteiger partial charge in [-0.25, -0.2) is 13.8 Å². The highest BCUT2D eigenvalue weighted by Gasteiger charge is 2.37. The highest BCUT2D eigenvalue weighted by molar-refractivity contribution is 6.02. The quantitative estimate of drug-likeness (QED) is 0.452. The number of alkyl halides is 8. The van der Waals surface area contributed by atoms with Crippen LogP contribution in [0.25, 0.3) is 5.52 Å². The third kappa shape index (κ3) is 5.55. The first-order valence-corrected chi connectivity index (χ1v) is 10.4. The number of fused-ring (bicyclic) bond motifs is 1. The first-order valence-electron chi connectivity index (χ1n) is 10.4. The van der Waals surface area contributed by atoms with Crippen LogP contribution in [-0.4, -0.2) is 39.2 Å². The molecule has 0 atom stereocenters. The highest BCUT2D eigenvalue weighted by Crippen LogP contribution is 2.37. The summed E-state index contributed by atoms with van der Waals surface area (Å²) in [5.41, 5.74) is -3.03. The van der Waals surface area contributed by atoms with Gasteiger partial charge in [-0.3, -0.25) is 14.1 Å². The van der Waals surface area contributed by atoms with Gasteiger partial charge in [0, 0.05) is 44.4 Å². The van der Waals surface area contributed by atoms with E-state index in [4.69, 9.17) is 0 Å². The van der Waals surface area contributed by atoms with E-state index in [1.807, 2.05) is 0 Å². The van der Waals surface area contributed by atoms with Crippen LogP contribution < -0.4 is 5.32 Å². The van der Waals surface area contributed by atoms with Gasteiger partial charge < -0.3 is 5.32 Å². The van der Waals surface area contributed by atoms with Crippen molar-refractivity contribution < 1.29 is 39.9 Å². The van der Waals surface area contributed by atoms with Gasteiger partial charge in [-0.2, -0.15) is 26.3 Å². The van der Waals surface area contributed by atoms with Gasteiger partial charge in [-0.15, -0.1) is 0 Å². The Balaban J connectivity index is 1.64. The van der Waals surface area contributed by atoms with Crippen molar-refractivity contribution in [1.29, 1.82) is 0 Å². The Kier molecular flexibility index (Phi) is 6.24. The second-order valence-electron chi connectivity index (χ2n) is 8.22. The summed E-state index contributed by atoms with van der Waals surface area (Å²) in [4.78, 5) is 18.8. The van der Waals surface area contributed by atoms with Gasteiger partial charge in [0.1, 0.15) is 0 Å². The second kappa shape index (κ2) is 8.77. The van der Waals surface area contributed by atoms with E-state index in [1.165, 1.54) is 10.6 Å². The number of aromatic nitrogens is 2. The van der Waals surface area contributed by atoms with E-state index in [-0.39, 0.29) is 44.4 Å². The lowest BCUT2D eigenvalue weighted by molar-refractivity contribution is -0.143. The third-order valence-corrected chi connectivity index (χ3v) is 5.63. The zero-order valence-electron chi connectivity index (χ0n) is 17.9. The van der Waals surface area contributed by atoms with Crippen LogP contribution in [0.4, 0.5) is 40.8 Å². The molecule has 3 aromatic rings. The molecule has 188 valence electrons. The number of anilines is 1. The van der Waals surface area contributed by atoms with Gasteiger partial charge in [0.05, 0.1) is 22.3 Å². The minimum Gasteiger partial charge on any atom is -0.319 e. The summed E-state index contributed by atoms with van der Waals surface area (Å²) in [5.74, 6) is -4.06. The Hall–Kier alpha value is -3.22. The molecule has 1 fully saturated rings. The molecular formula is C22H18F8N4O. The summed E-state index contributed by atoms with van der Waals surface area (Å²) in [7, 11) is 0. The van der Waals surface area contributed by atoms with Gasteiger partial charge in [-0.05, 0) is 30.3 Å². The van der Waals surface area contributed by atoms with Crippen LogP contribution in [0, 0.1) is 0 Å². The molecule has 35 heavy (non-hydrogen) atoms. The number of piperidine rings is 1. The smallest absolute Gasteiger partial charge is 0.319 e. The number of nitrogens with one attached hydrogen (secondary N) is 1. The van der Waals surface area contributed by atoms with Crippen LogP contribution in [0.15, 0.2) is 42.6 Å². The van der Waals surface area contributed by atoms with E-state index in [0.29, 0.717) is 23.3 Å². The average Bonchev–Trinajstić information content (AvgIpc) is 3.12. The first-order chi connectivity index (χ1) is 16.2. The summed E-state index contributed by atoms with van der Waals surface area (Å²) in [6.07, 6.45) is -9.34. The molecule has 13 heteroatoms. The lowest BCUT2D eigenvalue weighted by Crippen LogP contribution is -2.38. The normalized spacial score (nSPS) is 17.0. The molecule has 0 aliphatic carbocycles. The second-order valence-corrected chi connectivity index (χ2v) is 8.22. The van der Waals surface area contributed by atoms with Gasteiger partial charge in [-0.1, -0.05) is 6.07 Å². The molecule has 1 aromatic carbocycles. The number of hydrogen-bond donors (Lipinski definition) is 1. The van der Waals surface area contributed by atoms with Crippen LogP contribution in [0.2, 0.25) is 0 Å². The fraction of sp³-hybridized carbons (Fsp3) is 0.364. The molecule has 3 heterocycles. The minimum atomic E-state index is -5.07. The van der Waals surface area contributed by atoms with Crippen molar-refractivity contribution in [2.75, 3.05) is 18.4 Å². The average molecular weight is 506 g/mol. The maximum Gasteiger partial charge on any atom is 0.416 e. The zero-order valence-corrected chi connectivity index (χ0v) is 17.9. The standard InChI is InChI=1S/C22H18F8N4O/c23-20(24)4-7-33(8-5-20)12-16-17-3-1-2-6-34(17)18(32-16)19(35)31-15-10-13(21(25,26)27)9-14(11-15)22(28,29)30/h1-3,6,9-11H,4-5,7-8,12H2,(H,31,35). The molecule has 2 aromatic heterocycles. The number of amides is 1. The molecule has 0 unspecified atom stereocenters. The number of carbonyl (C=O) groups is 1. The SMILES string of the molecule is O=C(Nc1cc(C(F)(F)F)cc(C(F)(F)F)c1)c1nc(CN2CCC(F)(F)CC2)c2ccccn12. The number of halogens is 8. The van der Waals surface area contributed by atoms with Crippen molar-refractivity contribution in [2.24, 2.45) is 0 Å². The summed E-state index contributed by atoms with van der Waals surface area (Å²) in [6, 6.07) is 5.58. The molecule has 0 saturated carbocycles. The number of nitrogens with zero attached hydrogens (tertiary/aromatic N) is 3. The number of carbonyl (C=O) groups excluding carboxylic acids is 1. The Bertz CT molecular complexity index is 1210. The summed E-state index contributed by atoms with van der Waals surface area (Å²) in [5, 5.41) is 2.07. The Morgan fingerprint density at radius 3 is 2.14 bits per heavy atom. The van der Waals surface area contributed by atoms with Crippen molar-refractivity contribution in [2.45, 2.75) is 37.7 Å². The third-order valence-electron chi connectivity index (χ3n) is 5.63. The molecule has 5 nitrogen and oxygen atoms in total. The number of benzene rings is 1. The van der Waals surface area contributed by atoms with Gasteiger partial charge in [0.15, 0.2) is 0 Å². The molecule has 4 rings (SSSR count). The fourth-order valence-corrected chi connectivity index (χ4v) is 3.84. The number of rotatable bonds is 4. The topological polar surface area (TPSA) is 49.6 Å². The van der Waals surface area contributed by atoms with E-state index >= 15 is 0 Å². The van der Waals surface area contributed by atoms with Crippen molar-refractivity contribution in [3.8, 4) is 0 Å². The Morgan fingerprint density at radius 2 is 1.57 bits per heavy atom. The molecule has 1 N–H and O–H groups in total. The van der Waals surface area contributed by atoms with Gasteiger partial charge >= 0.3 is 12.4 Å². The summed E-state index contributed by atoms with van der Waals surface area (Å²) in [6.45, 7) is 0.342. The maximum absolute atomic E-state index is 13.5. The van der Waals surface area contributed by atoms with Crippen LogP contribution >= 0.6 is 0 Å². The van der Waals surface area contributed by atoms with E-state index in [2.05, 4.69) is 10.3 Å². The molecule has 1 saturated heterocycles. The molecule has 1 aliphatic heterocycles. The summed E-state index contributed by atoms with van der Waals surface area (Å²) < 4.78 is 107. The van der Waals surface area contributed by atoms with Gasteiger partial charge in [0.2, 0.25) is 5.82 Å². The Morgan fingerprint density at radius 1 is 0.971 bits per heavy atom. The largest absolute Gasteiger partial charge is 0.416 e. The highest BCUT2D eigenvalue weighted by atomic mass is 19.4. The fourth-order valence-electron chi connectivity index (χ4n) is 3.84. The molecule has 1 amide bonds. The monoisotopic (exact) mass is 506 g/mol. The maximum atomic E-state index is 13.5. The van der Waals surface area contributed by atoms with Crippen molar-refractivity contribution in [3.05, 3.63) is 65.2 Å². The molecule has 0 radical (unpaired) electrons. The molecule has 1 aliphatic rings. The van der Waals surface area contributed by atoms with E-state index in [1.54, 1.807) is 23.1 Å². The van der Waals surface area contributed by atoms with E-state index < -0.39 is 41.0 Å². The number of pyridine rings is 1. The van der Waals surface area contributed by atoms with Crippen LogP contribution in [0.5, 0.6) is 0 Å². The zero-order chi connectivity index (χ0) is 25.6. The van der Waals surface area contributed by atoms with Crippen LogP contribution in [0.3, 0.4) is 0 Å². The predicted molar refractivity (Wildman–Crippen MR) is 109 cm³/mol. The molecule has 0 spiro atoms. The number of hydrogen-bond acceptors (Lipinski definition) is 3. The minimum absolute atomic E-state index is 0.0409. The van der Waals surface area contributed by atoms with Crippen molar-refractivity contribution in [1.82, 2.24) is 14.3 Å². The van der Waals surface area contributed by atoms with E-state index in [9.17, 15) is 39.9 Å².